The highest BCUT2D eigenvalue weighted by Gasteiger charge is 2.35. The molecular formula is C20H15ClN4O2S2. The van der Waals surface area contributed by atoms with Gasteiger partial charge in [0.2, 0.25) is 5.17 Å². The van der Waals surface area contributed by atoms with Gasteiger partial charge in [-0.15, -0.1) is 5.10 Å². The molecule has 0 bridgehead atoms. The van der Waals surface area contributed by atoms with Crippen LogP contribution in [0, 0.1) is 5.41 Å². The minimum Gasteiger partial charge on any atom is -0.496 e. The van der Waals surface area contributed by atoms with Crippen LogP contribution in [-0.4, -0.2) is 33.4 Å². The normalized spacial score (nSPS) is 17.3. The number of hydrogen-bond donors (Lipinski definition) is 1. The van der Waals surface area contributed by atoms with E-state index in [9.17, 15) is 4.79 Å². The second-order valence-corrected chi connectivity index (χ2v) is 8.66. The van der Waals surface area contributed by atoms with Crippen molar-refractivity contribution in [1.29, 1.82) is 5.41 Å². The Hall–Kier alpha value is -2.55. The number of carbonyl (C=O) groups is 1. The van der Waals surface area contributed by atoms with Gasteiger partial charge in [-0.1, -0.05) is 53.7 Å². The van der Waals surface area contributed by atoms with Crippen molar-refractivity contribution in [3.8, 4) is 5.75 Å². The summed E-state index contributed by atoms with van der Waals surface area (Å²) in [5, 5.41) is 15.2. The minimum absolute atomic E-state index is 0.0233. The fourth-order valence-electron chi connectivity index (χ4n) is 2.73. The van der Waals surface area contributed by atoms with Gasteiger partial charge in [-0.05, 0) is 41.6 Å². The molecule has 0 fully saturated rings. The third kappa shape index (κ3) is 4.24. The SMILES string of the molecule is COc1ccc(Cl)cc1/C=C1/C(=N)N2N=C(SCc3ccccc3)SC2=NC1=O. The van der Waals surface area contributed by atoms with Crippen LogP contribution in [0.2, 0.25) is 5.02 Å². The summed E-state index contributed by atoms with van der Waals surface area (Å²) < 4.78 is 6.06. The zero-order chi connectivity index (χ0) is 20.4. The highest BCUT2D eigenvalue weighted by Crippen LogP contribution is 2.34. The maximum Gasteiger partial charge on any atom is 0.283 e. The molecule has 0 aliphatic carbocycles. The monoisotopic (exact) mass is 442 g/mol. The lowest BCUT2D eigenvalue weighted by Gasteiger charge is -2.20. The average molecular weight is 443 g/mol. The molecule has 29 heavy (non-hydrogen) atoms. The number of benzene rings is 2. The van der Waals surface area contributed by atoms with E-state index in [-0.39, 0.29) is 11.4 Å². The van der Waals surface area contributed by atoms with Crippen LogP contribution in [0.5, 0.6) is 5.75 Å². The summed E-state index contributed by atoms with van der Waals surface area (Å²) in [5.41, 5.74) is 1.90. The second kappa shape index (κ2) is 8.44. The summed E-state index contributed by atoms with van der Waals surface area (Å²) in [5.74, 6) is 0.790. The summed E-state index contributed by atoms with van der Waals surface area (Å²) in [6.45, 7) is 0. The largest absolute Gasteiger partial charge is 0.496 e. The van der Waals surface area contributed by atoms with E-state index >= 15 is 0 Å². The van der Waals surface area contributed by atoms with Crippen molar-refractivity contribution in [3.63, 3.8) is 0 Å². The number of carbonyl (C=O) groups excluding carboxylic acids is 1. The number of rotatable bonds is 4. The molecule has 0 aromatic heterocycles. The molecule has 0 radical (unpaired) electrons. The number of methoxy groups -OCH3 is 1. The number of nitrogens with one attached hydrogen (secondary N) is 1. The number of hydrazone groups is 1. The van der Waals surface area contributed by atoms with E-state index in [1.807, 2.05) is 30.3 Å². The van der Waals surface area contributed by atoms with Crippen LogP contribution < -0.4 is 4.74 Å². The first-order chi connectivity index (χ1) is 14.0. The van der Waals surface area contributed by atoms with Gasteiger partial charge < -0.3 is 4.74 Å². The quantitative estimate of drug-likeness (QED) is 0.684. The van der Waals surface area contributed by atoms with E-state index in [2.05, 4.69) is 10.1 Å². The number of hydrogen-bond acceptors (Lipinski definition) is 6. The molecule has 146 valence electrons. The number of nitrogens with zero attached hydrogens (tertiary/aromatic N) is 3. The lowest BCUT2D eigenvalue weighted by molar-refractivity contribution is -0.114. The summed E-state index contributed by atoms with van der Waals surface area (Å²) in [6, 6.07) is 15.1. The molecule has 0 atom stereocenters. The van der Waals surface area contributed by atoms with Crippen LogP contribution in [0.25, 0.3) is 6.08 Å². The molecule has 0 saturated heterocycles. The molecular weight excluding hydrogens is 428 g/mol. The van der Waals surface area contributed by atoms with E-state index in [0.717, 1.165) is 10.1 Å². The van der Waals surface area contributed by atoms with Crippen molar-refractivity contribution >= 4 is 62.5 Å². The lowest BCUT2D eigenvalue weighted by Crippen LogP contribution is -2.35. The van der Waals surface area contributed by atoms with Crippen LogP contribution >= 0.6 is 35.1 Å². The fourth-order valence-corrected chi connectivity index (χ4v) is 4.79. The van der Waals surface area contributed by atoms with Crippen LogP contribution in [0.3, 0.4) is 0 Å². The van der Waals surface area contributed by atoms with Crippen molar-refractivity contribution in [2.45, 2.75) is 5.75 Å². The molecule has 1 amide bonds. The predicted molar refractivity (Wildman–Crippen MR) is 121 cm³/mol. The Morgan fingerprint density at radius 2 is 2.07 bits per heavy atom. The van der Waals surface area contributed by atoms with E-state index in [1.165, 1.54) is 29.4 Å². The summed E-state index contributed by atoms with van der Waals surface area (Å²) in [4.78, 5) is 16.7. The number of ether oxygens (including phenoxy) is 1. The van der Waals surface area contributed by atoms with Crippen molar-refractivity contribution in [1.82, 2.24) is 5.01 Å². The first-order valence-electron chi connectivity index (χ1n) is 8.55. The van der Waals surface area contributed by atoms with E-state index in [1.54, 1.807) is 36.0 Å². The summed E-state index contributed by atoms with van der Waals surface area (Å²) in [6.07, 6.45) is 1.56. The third-order valence-corrected chi connectivity index (χ3v) is 6.48. The van der Waals surface area contributed by atoms with Gasteiger partial charge in [0.05, 0.1) is 12.7 Å². The Balaban J connectivity index is 1.58. The van der Waals surface area contributed by atoms with E-state index in [4.69, 9.17) is 21.7 Å². The van der Waals surface area contributed by atoms with Gasteiger partial charge in [0, 0.05) is 16.3 Å². The van der Waals surface area contributed by atoms with E-state index in [0.29, 0.717) is 21.5 Å². The van der Waals surface area contributed by atoms with Crippen molar-refractivity contribution in [2.24, 2.45) is 10.1 Å². The molecule has 0 spiro atoms. The zero-order valence-corrected chi connectivity index (χ0v) is 17.6. The van der Waals surface area contributed by atoms with Crippen LogP contribution in [-0.2, 0) is 10.5 Å². The maximum atomic E-state index is 12.6. The average Bonchev–Trinajstić information content (AvgIpc) is 3.13. The fraction of sp³-hybridized carbons (Fsp3) is 0.100. The van der Waals surface area contributed by atoms with Gasteiger partial charge in [0.15, 0.2) is 10.2 Å². The van der Waals surface area contributed by atoms with Gasteiger partial charge in [-0.25, -0.2) is 0 Å². The number of amidine groups is 2. The van der Waals surface area contributed by atoms with Crippen LogP contribution in [0.4, 0.5) is 0 Å². The smallest absolute Gasteiger partial charge is 0.283 e. The van der Waals surface area contributed by atoms with Crippen molar-refractivity contribution in [2.75, 3.05) is 7.11 Å². The lowest BCUT2D eigenvalue weighted by atomic mass is 10.1. The molecule has 2 aromatic carbocycles. The van der Waals surface area contributed by atoms with Crippen molar-refractivity contribution in [3.05, 3.63) is 70.3 Å². The second-order valence-electron chi connectivity index (χ2n) is 6.05. The maximum absolute atomic E-state index is 12.6. The standard InChI is InChI=1S/C20H15ClN4O2S2/c1-27-16-8-7-14(21)9-13(16)10-15-17(22)25-19(23-18(15)26)29-20(24-25)28-11-12-5-3-2-4-6-12/h2-10,22H,11H2,1H3/b15-10-,22-17?. The Kier molecular flexibility index (Phi) is 5.75. The predicted octanol–water partition coefficient (Wildman–Crippen LogP) is 4.86. The molecule has 0 unspecified atom stereocenters. The summed E-state index contributed by atoms with van der Waals surface area (Å²) >= 11 is 8.91. The van der Waals surface area contributed by atoms with Gasteiger partial charge in [0.25, 0.3) is 5.91 Å². The first-order valence-corrected chi connectivity index (χ1v) is 10.7. The molecule has 2 aliphatic rings. The highest BCUT2D eigenvalue weighted by molar-refractivity contribution is 8.45. The Bertz CT molecular complexity index is 1080. The van der Waals surface area contributed by atoms with Gasteiger partial charge in [-0.3, -0.25) is 10.2 Å². The summed E-state index contributed by atoms with van der Waals surface area (Å²) in [7, 11) is 1.53. The Morgan fingerprint density at radius 3 is 2.83 bits per heavy atom. The van der Waals surface area contributed by atoms with Gasteiger partial charge in [0.1, 0.15) is 5.75 Å². The number of aliphatic imine (C=N–C) groups is 1. The number of thioether (sulfide) groups is 2. The van der Waals surface area contributed by atoms with Gasteiger partial charge in [-0.2, -0.15) is 10.0 Å². The Labute approximate surface area is 181 Å². The first kappa shape index (κ1) is 19.8. The third-order valence-electron chi connectivity index (χ3n) is 4.13. The zero-order valence-electron chi connectivity index (χ0n) is 15.3. The van der Waals surface area contributed by atoms with E-state index < -0.39 is 5.91 Å². The molecule has 9 heteroatoms. The molecule has 6 nitrogen and oxygen atoms in total. The van der Waals surface area contributed by atoms with Gasteiger partial charge >= 0.3 is 0 Å². The topological polar surface area (TPSA) is 78.1 Å². The molecule has 2 heterocycles. The highest BCUT2D eigenvalue weighted by atomic mass is 35.5. The number of amides is 1. The molecule has 2 aliphatic heterocycles. The Morgan fingerprint density at radius 1 is 1.28 bits per heavy atom. The molecule has 4 rings (SSSR count). The van der Waals surface area contributed by atoms with Crippen LogP contribution in [0.15, 0.2) is 64.2 Å². The molecule has 1 N–H and O–H groups in total. The minimum atomic E-state index is -0.486. The van der Waals surface area contributed by atoms with Crippen molar-refractivity contribution < 1.29 is 9.53 Å². The number of halogens is 1. The van der Waals surface area contributed by atoms with Crippen LogP contribution in [0.1, 0.15) is 11.1 Å². The molecule has 0 saturated carbocycles. The molecule has 2 aromatic rings. The number of fused-ring (bicyclic) bond motifs is 1.